The molecule has 2 N–H and O–H groups in total. The lowest BCUT2D eigenvalue weighted by Gasteiger charge is -2.07. The Balaban J connectivity index is 1.61. The highest BCUT2D eigenvalue weighted by Gasteiger charge is 2.06. The standard InChI is InChI=1S/C18H18N2O2/c1-22-14-8-5-13(6-9-14)7-10-18(21)20-17-4-2-3-16-15(17)11-12-19-16/h2-6,8-9,11-12,19H,7,10H2,1H3,(H,20,21). The van der Waals surface area contributed by atoms with Crippen molar-refractivity contribution in [3.05, 3.63) is 60.3 Å². The Morgan fingerprint density at radius 2 is 1.95 bits per heavy atom. The van der Waals surface area contributed by atoms with E-state index < -0.39 is 0 Å². The molecule has 3 aromatic rings. The minimum atomic E-state index is 0.0181. The molecule has 2 aromatic carbocycles. The van der Waals surface area contributed by atoms with Crippen molar-refractivity contribution in [1.82, 2.24) is 4.98 Å². The number of carbonyl (C=O) groups is 1. The molecule has 0 unspecified atom stereocenters. The van der Waals surface area contributed by atoms with Crippen LogP contribution in [0.3, 0.4) is 0 Å². The number of aryl methyl sites for hydroxylation is 1. The second kappa shape index (κ2) is 6.35. The maximum atomic E-state index is 12.1. The monoisotopic (exact) mass is 294 g/mol. The molecule has 0 radical (unpaired) electrons. The highest BCUT2D eigenvalue weighted by molar-refractivity contribution is 6.01. The number of hydrogen-bond acceptors (Lipinski definition) is 2. The maximum absolute atomic E-state index is 12.1. The topological polar surface area (TPSA) is 54.1 Å². The van der Waals surface area contributed by atoms with Crippen molar-refractivity contribution in [3.8, 4) is 5.75 Å². The first kappa shape index (κ1) is 14.2. The van der Waals surface area contributed by atoms with E-state index in [0.717, 1.165) is 27.9 Å². The van der Waals surface area contributed by atoms with Gasteiger partial charge >= 0.3 is 0 Å². The van der Waals surface area contributed by atoms with E-state index in [2.05, 4.69) is 10.3 Å². The second-order valence-electron chi connectivity index (χ2n) is 5.14. The fraction of sp³-hybridized carbons (Fsp3) is 0.167. The number of H-pyrrole nitrogens is 1. The summed E-state index contributed by atoms with van der Waals surface area (Å²) in [6.07, 6.45) is 3.03. The summed E-state index contributed by atoms with van der Waals surface area (Å²) in [5.74, 6) is 0.844. The van der Waals surface area contributed by atoms with Crippen LogP contribution in [0.5, 0.6) is 5.75 Å². The Bertz CT molecular complexity index is 775. The molecule has 0 aliphatic carbocycles. The molecule has 0 atom stereocenters. The highest BCUT2D eigenvalue weighted by atomic mass is 16.5. The number of amides is 1. The van der Waals surface area contributed by atoms with E-state index in [-0.39, 0.29) is 5.91 Å². The number of aromatic amines is 1. The number of carbonyl (C=O) groups excluding carboxylic acids is 1. The van der Waals surface area contributed by atoms with E-state index in [1.54, 1.807) is 7.11 Å². The van der Waals surface area contributed by atoms with Crippen molar-refractivity contribution in [2.24, 2.45) is 0 Å². The number of hydrogen-bond donors (Lipinski definition) is 2. The molecule has 0 saturated carbocycles. The Labute approximate surface area is 129 Å². The Morgan fingerprint density at radius 3 is 2.73 bits per heavy atom. The smallest absolute Gasteiger partial charge is 0.224 e. The van der Waals surface area contributed by atoms with Crippen LogP contribution in [0.1, 0.15) is 12.0 Å². The predicted molar refractivity (Wildman–Crippen MR) is 88.2 cm³/mol. The molecule has 0 aliphatic rings. The zero-order valence-corrected chi connectivity index (χ0v) is 12.4. The van der Waals surface area contributed by atoms with Crippen LogP contribution in [0.2, 0.25) is 0 Å². The Morgan fingerprint density at radius 1 is 1.14 bits per heavy atom. The van der Waals surface area contributed by atoms with Gasteiger partial charge in [0.25, 0.3) is 0 Å². The number of ether oxygens (including phenoxy) is 1. The van der Waals surface area contributed by atoms with Gasteiger partial charge in [-0.05, 0) is 42.3 Å². The number of anilines is 1. The number of aromatic nitrogens is 1. The largest absolute Gasteiger partial charge is 0.497 e. The molecule has 0 spiro atoms. The van der Waals surface area contributed by atoms with Crippen LogP contribution >= 0.6 is 0 Å². The highest BCUT2D eigenvalue weighted by Crippen LogP contribution is 2.22. The number of nitrogens with one attached hydrogen (secondary N) is 2. The van der Waals surface area contributed by atoms with Crippen LogP contribution in [0.15, 0.2) is 54.7 Å². The first-order valence-corrected chi connectivity index (χ1v) is 7.25. The van der Waals surface area contributed by atoms with Gasteiger partial charge in [0.1, 0.15) is 5.75 Å². The molecule has 0 aliphatic heterocycles. The quantitative estimate of drug-likeness (QED) is 0.753. The van der Waals surface area contributed by atoms with Crippen LogP contribution in [0, 0.1) is 0 Å². The van der Waals surface area contributed by atoms with Gasteiger partial charge in [-0.3, -0.25) is 4.79 Å². The van der Waals surface area contributed by atoms with Crippen molar-refractivity contribution >= 4 is 22.5 Å². The summed E-state index contributed by atoms with van der Waals surface area (Å²) in [5, 5.41) is 4.01. The summed E-state index contributed by atoms with van der Waals surface area (Å²) < 4.78 is 5.12. The van der Waals surface area contributed by atoms with Crippen molar-refractivity contribution in [1.29, 1.82) is 0 Å². The average molecular weight is 294 g/mol. The van der Waals surface area contributed by atoms with Gasteiger partial charge < -0.3 is 15.0 Å². The van der Waals surface area contributed by atoms with Crippen LogP contribution in [-0.2, 0) is 11.2 Å². The fourth-order valence-corrected chi connectivity index (χ4v) is 2.46. The van der Waals surface area contributed by atoms with Crippen LogP contribution in [0.4, 0.5) is 5.69 Å². The molecule has 4 nitrogen and oxygen atoms in total. The first-order chi connectivity index (χ1) is 10.8. The van der Waals surface area contributed by atoms with Crippen molar-refractivity contribution in [2.75, 3.05) is 12.4 Å². The minimum Gasteiger partial charge on any atom is -0.497 e. The number of rotatable bonds is 5. The van der Waals surface area contributed by atoms with Gasteiger partial charge in [-0.2, -0.15) is 0 Å². The van der Waals surface area contributed by atoms with Gasteiger partial charge in [-0.25, -0.2) is 0 Å². The number of fused-ring (bicyclic) bond motifs is 1. The molecule has 3 rings (SSSR count). The predicted octanol–water partition coefficient (Wildman–Crippen LogP) is 3.75. The molecule has 1 aromatic heterocycles. The average Bonchev–Trinajstić information content (AvgIpc) is 3.03. The molecule has 1 heterocycles. The summed E-state index contributed by atoms with van der Waals surface area (Å²) in [5.41, 5.74) is 2.99. The van der Waals surface area contributed by atoms with E-state index in [1.807, 2.05) is 54.7 Å². The molecular formula is C18H18N2O2. The summed E-state index contributed by atoms with van der Waals surface area (Å²) >= 11 is 0. The number of benzene rings is 2. The zero-order chi connectivity index (χ0) is 15.4. The third-order valence-corrected chi connectivity index (χ3v) is 3.67. The van der Waals surface area contributed by atoms with Crippen LogP contribution in [-0.4, -0.2) is 18.0 Å². The summed E-state index contributed by atoms with van der Waals surface area (Å²) in [7, 11) is 1.64. The molecule has 1 amide bonds. The molecule has 22 heavy (non-hydrogen) atoms. The van der Waals surface area contributed by atoms with E-state index in [1.165, 1.54) is 0 Å². The van der Waals surface area contributed by atoms with Gasteiger partial charge in [0.2, 0.25) is 5.91 Å². The lowest BCUT2D eigenvalue weighted by molar-refractivity contribution is -0.116. The van der Waals surface area contributed by atoms with E-state index >= 15 is 0 Å². The van der Waals surface area contributed by atoms with Gasteiger partial charge in [0.05, 0.1) is 12.8 Å². The molecule has 0 fully saturated rings. The first-order valence-electron chi connectivity index (χ1n) is 7.25. The van der Waals surface area contributed by atoms with Crippen molar-refractivity contribution < 1.29 is 9.53 Å². The molecule has 0 bridgehead atoms. The molecule has 0 saturated heterocycles. The SMILES string of the molecule is COc1ccc(CCC(=O)Nc2cccc3[nH]ccc23)cc1. The molecule has 4 heteroatoms. The van der Waals surface area contributed by atoms with Crippen LogP contribution < -0.4 is 10.1 Å². The lowest BCUT2D eigenvalue weighted by atomic mass is 10.1. The lowest BCUT2D eigenvalue weighted by Crippen LogP contribution is -2.12. The maximum Gasteiger partial charge on any atom is 0.224 e. The minimum absolute atomic E-state index is 0.0181. The van der Waals surface area contributed by atoms with E-state index in [4.69, 9.17) is 4.74 Å². The van der Waals surface area contributed by atoms with E-state index in [0.29, 0.717) is 12.8 Å². The van der Waals surface area contributed by atoms with Crippen LogP contribution in [0.25, 0.3) is 10.9 Å². The summed E-state index contributed by atoms with van der Waals surface area (Å²) in [6.45, 7) is 0. The zero-order valence-electron chi connectivity index (χ0n) is 12.4. The van der Waals surface area contributed by atoms with Crippen molar-refractivity contribution in [2.45, 2.75) is 12.8 Å². The van der Waals surface area contributed by atoms with Gasteiger partial charge in [-0.15, -0.1) is 0 Å². The second-order valence-corrected chi connectivity index (χ2v) is 5.14. The Kier molecular flexibility index (Phi) is 4.10. The molecular weight excluding hydrogens is 276 g/mol. The number of methoxy groups -OCH3 is 1. The van der Waals surface area contributed by atoms with Gasteiger partial charge in [-0.1, -0.05) is 18.2 Å². The van der Waals surface area contributed by atoms with Crippen molar-refractivity contribution in [3.63, 3.8) is 0 Å². The van der Waals surface area contributed by atoms with E-state index in [9.17, 15) is 4.79 Å². The van der Waals surface area contributed by atoms with Gasteiger partial charge in [0.15, 0.2) is 0 Å². The third kappa shape index (κ3) is 3.11. The third-order valence-electron chi connectivity index (χ3n) is 3.67. The summed E-state index contributed by atoms with van der Waals surface area (Å²) in [4.78, 5) is 15.3. The Hall–Kier alpha value is -2.75. The molecule has 112 valence electrons. The normalized spacial score (nSPS) is 10.6. The fourth-order valence-electron chi connectivity index (χ4n) is 2.46. The van der Waals surface area contributed by atoms with Gasteiger partial charge in [0, 0.05) is 23.5 Å². The summed E-state index contributed by atoms with van der Waals surface area (Å²) in [6, 6.07) is 15.6.